The van der Waals surface area contributed by atoms with Crippen molar-refractivity contribution in [3.8, 4) is 5.75 Å². The molecule has 3 nitrogen and oxygen atoms in total. The van der Waals surface area contributed by atoms with Crippen LogP contribution in [0.1, 0.15) is 30.5 Å². The number of phenols is 1. The molecule has 0 aliphatic rings. The molecule has 1 aromatic rings. The van der Waals surface area contributed by atoms with Crippen LogP contribution in [-0.2, 0) is 0 Å². The summed E-state index contributed by atoms with van der Waals surface area (Å²) in [6.07, 6.45) is 0.729. The molecule has 3 N–H and O–H groups in total. The maximum Gasteiger partial charge on any atom is 0.120 e. The van der Waals surface area contributed by atoms with E-state index in [4.69, 9.17) is 5.21 Å². The topological polar surface area (TPSA) is 52.5 Å². The van der Waals surface area contributed by atoms with Crippen molar-refractivity contribution >= 4 is 0 Å². The van der Waals surface area contributed by atoms with Gasteiger partial charge in [0.05, 0.1) is 6.04 Å². The van der Waals surface area contributed by atoms with E-state index in [0.717, 1.165) is 17.5 Å². The SMILES string of the molecule is CC[C@@H](NO)c1ccc(C)cc1O. The van der Waals surface area contributed by atoms with Gasteiger partial charge in [-0.15, -0.1) is 0 Å². The van der Waals surface area contributed by atoms with Crippen molar-refractivity contribution in [2.45, 2.75) is 26.3 Å². The second-order valence-corrected chi connectivity index (χ2v) is 3.15. The molecular formula is C10H15NO2. The highest BCUT2D eigenvalue weighted by atomic mass is 16.5. The summed E-state index contributed by atoms with van der Waals surface area (Å²) in [5.41, 5.74) is 3.91. The lowest BCUT2D eigenvalue weighted by Crippen LogP contribution is -2.16. The first-order chi connectivity index (χ1) is 6.19. The van der Waals surface area contributed by atoms with Crippen LogP contribution in [0, 0.1) is 6.92 Å². The zero-order chi connectivity index (χ0) is 9.84. The number of aromatic hydroxyl groups is 1. The van der Waals surface area contributed by atoms with Crippen LogP contribution in [0.15, 0.2) is 18.2 Å². The van der Waals surface area contributed by atoms with Gasteiger partial charge in [0.1, 0.15) is 5.75 Å². The first-order valence-electron chi connectivity index (χ1n) is 4.38. The van der Waals surface area contributed by atoms with E-state index in [1.807, 2.05) is 26.0 Å². The van der Waals surface area contributed by atoms with Gasteiger partial charge < -0.3 is 10.3 Å². The molecule has 0 saturated heterocycles. The highest BCUT2D eigenvalue weighted by Gasteiger charge is 2.11. The molecule has 0 unspecified atom stereocenters. The van der Waals surface area contributed by atoms with Crippen LogP contribution in [-0.4, -0.2) is 10.3 Å². The first kappa shape index (κ1) is 10.0. The average molecular weight is 181 g/mol. The van der Waals surface area contributed by atoms with Crippen molar-refractivity contribution in [2.75, 3.05) is 0 Å². The van der Waals surface area contributed by atoms with E-state index in [2.05, 4.69) is 5.48 Å². The van der Waals surface area contributed by atoms with Gasteiger partial charge in [0.25, 0.3) is 0 Å². The second-order valence-electron chi connectivity index (χ2n) is 3.15. The minimum absolute atomic E-state index is 0.194. The van der Waals surface area contributed by atoms with Gasteiger partial charge in [-0.1, -0.05) is 19.1 Å². The van der Waals surface area contributed by atoms with Crippen LogP contribution in [0.5, 0.6) is 5.75 Å². The maximum atomic E-state index is 9.57. The first-order valence-corrected chi connectivity index (χ1v) is 4.38. The largest absolute Gasteiger partial charge is 0.508 e. The summed E-state index contributed by atoms with van der Waals surface area (Å²) in [6, 6.07) is 5.23. The molecule has 0 saturated carbocycles. The summed E-state index contributed by atoms with van der Waals surface area (Å²) < 4.78 is 0. The molecule has 0 spiro atoms. The maximum absolute atomic E-state index is 9.57. The van der Waals surface area contributed by atoms with E-state index in [1.54, 1.807) is 6.07 Å². The molecule has 0 amide bonds. The zero-order valence-corrected chi connectivity index (χ0v) is 7.91. The summed E-state index contributed by atoms with van der Waals surface area (Å²) >= 11 is 0. The molecular weight excluding hydrogens is 166 g/mol. The third-order valence-corrected chi connectivity index (χ3v) is 2.13. The minimum atomic E-state index is -0.194. The molecule has 1 rings (SSSR count). The van der Waals surface area contributed by atoms with Crippen LogP contribution in [0.4, 0.5) is 0 Å². The van der Waals surface area contributed by atoms with Crippen molar-refractivity contribution in [1.82, 2.24) is 5.48 Å². The summed E-state index contributed by atoms with van der Waals surface area (Å²) in [5, 5.41) is 18.4. The Balaban J connectivity index is 2.99. The van der Waals surface area contributed by atoms with Gasteiger partial charge in [0.2, 0.25) is 0 Å². The fraction of sp³-hybridized carbons (Fsp3) is 0.400. The highest BCUT2D eigenvalue weighted by Crippen LogP contribution is 2.26. The van der Waals surface area contributed by atoms with Gasteiger partial charge in [-0.05, 0) is 25.0 Å². The van der Waals surface area contributed by atoms with E-state index < -0.39 is 0 Å². The van der Waals surface area contributed by atoms with E-state index in [1.165, 1.54) is 0 Å². The van der Waals surface area contributed by atoms with Gasteiger partial charge in [-0.2, -0.15) is 5.48 Å². The Morgan fingerprint density at radius 3 is 2.62 bits per heavy atom. The second kappa shape index (κ2) is 4.25. The number of rotatable bonds is 3. The summed E-state index contributed by atoms with van der Waals surface area (Å²) in [7, 11) is 0. The Morgan fingerprint density at radius 1 is 1.46 bits per heavy atom. The third kappa shape index (κ3) is 2.20. The molecule has 0 fully saturated rings. The normalized spacial score (nSPS) is 12.8. The van der Waals surface area contributed by atoms with Gasteiger partial charge in [0.15, 0.2) is 0 Å². The molecule has 72 valence electrons. The molecule has 0 radical (unpaired) electrons. The molecule has 0 aliphatic carbocycles. The van der Waals surface area contributed by atoms with Crippen molar-refractivity contribution in [2.24, 2.45) is 0 Å². The fourth-order valence-electron chi connectivity index (χ4n) is 1.33. The summed E-state index contributed by atoms with van der Waals surface area (Å²) in [5.74, 6) is 0.230. The number of nitrogens with one attached hydrogen (secondary N) is 1. The standard InChI is InChI=1S/C10H15NO2/c1-3-9(11-13)8-5-4-7(2)6-10(8)12/h4-6,9,11-13H,3H2,1-2H3/t9-/m1/s1. The quantitative estimate of drug-likeness (QED) is 0.626. The number of benzene rings is 1. The molecule has 0 aliphatic heterocycles. The van der Waals surface area contributed by atoms with E-state index in [-0.39, 0.29) is 11.8 Å². The Hall–Kier alpha value is -1.06. The number of phenolic OH excluding ortho intramolecular Hbond substituents is 1. The lowest BCUT2D eigenvalue weighted by atomic mass is 10.0. The summed E-state index contributed by atoms with van der Waals surface area (Å²) in [4.78, 5) is 0. The molecule has 0 heterocycles. The minimum Gasteiger partial charge on any atom is -0.508 e. The van der Waals surface area contributed by atoms with E-state index in [0.29, 0.717) is 0 Å². The van der Waals surface area contributed by atoms with Gasteiger partial charge in [-0.3, -0.25) is 0 Å². The monoisotopic (exact) mass is 181 g/mol. The van der Waals surface area contributed by atoms with Crippen LogP contribution >= 0.6 is 0 Å². The van der Waals surface area contributed by atoms with Crippen molar-refractivity contribution < 1.29 is 10.3 Å². The third-order valence-electron chi connectivity index (χ3n) is 2.13. The highest BCUT2D eigenvalue weighted by molar-refractivity contribution is 5.37. The average Bonchev–Trinajstić information content (AvgIpc) is 2.10. The van der Waals surface area contributed by atoms with Crippen LogP contribution in [0.3, 0.4) is 0 Å². The predicted octanol–water partition coefficient (Wildman–Crippen LogP) is 2.13. The van der Waals surface area contributed by atoms with Crippen LogP contribution in [0.25, 0.3) is 0 Å². The Bertz CT molecular complexity index is 282. The molecule has 13 heavy (non-hydrogen) atoms. The van der Waals surface area contributed by atoms with E-state index >= 15 is 0 Å². The van der Waals surface area contributed by atoms with Gasteiger partial charge >= 0.3 is 0 Å². The molecule has 0 bridgehead atoms. The Labute approximate surface area is 78.0 Å². The number of hydroxylamine groups is 1. The van der Waals surface area contributed by atoms with E-state index in [9.17, 15) is 5.11 Å². The predicted molar refractivity (Wildman–Crippen MR) is 50.8 cm³/mol. The zero-order valence-electron chi connectivity index (χ0n) is 7.91. The van der Waals surface area contributed by atoms with Crippen molar-refractivity contribution in [1.29, 1.82) is 0 Å². The Kier molecular flexibility index (Phi) is 3.28. The van der Waals surface area contributed by atoms with Crippen LogP contribution in [0.2, 0.25) is 0 Å². The van der Waals surface area contributed by atoms with Gasteiger partial charge in [0, 0.05) is 5.56 Å². The lowest BCUT2D eigenvalue weighted by Gasteiger charge is -2.14. The fourth-order valence-corrected chi connectivity index (χ4v) is 1.33. The van der Waals surface area contributed by atoms with Crippen LogP contribution < -0.4 is 5.48 Å². The summed E-state index contributed by atoms with van der Waals surface area (Å²) in [6.45, 7) is 3.85. The number of hydrogen-bond acceptors (Lipinski definition) is 3. The molecule has 1 aromatic carbocycles. The molecule has 1 atom stereocenters. The van der Waals surface area contributed by atoms with Gasteiger partial charge in [-0.25, -0.2) is 0 Å². The van der Waals surface area contributed by atoms with Crippen molar-refractivity contribution in [3.63, 3.8) is 0 Å². The number of hydrogen-bond donors (Lipinski definition) is 3. The van der Waals surface area contributed by atoms with Crippen molar-refractivity contribution in [3.05, 3.63) is 29.3 Å². The molecule has 0 aromatic heterocycles. The lowest BCUT2D eigenvalue weighted by molar-refractivity contribution is 0.123. The Morgan fingerprint density at radius 2 is 2.15 bits per heavy atom. The number of aryl methyl sites for hydroxylation is 1. The molecule has 3 heteroatoms. The smallest absolute Gasteiger partial charge is 0.120 e.